The van der Waals surface area contributed by atoms with Crippen LogP contribution in [0.4, 0.5) is 0 Å². The molecule has 0 aliphatic heterocycles. The Morgan fingerprint density at radius 2 is 1.84 bits per heavy atom. The molecule has 0 saturated carbocycles. The average Bonchev–Trinajstić information content (AvgIpc) is 2.96. The predicted octanol–water partition coefficient (Wildman–Crippen LogP) is 3.38. The molecule has 1 N–H and O–H groups in total. The SMILES string of the molecule is Cc1oc(CN(C)Cc2cnc(-c3ccccc3)nc2)cc1C(=O)O. The number of aromatic nitrogens is 2. The van der Waals surface area contributed by atoms with E-state index in [1.54, 1.807) is 13.0 Å². The molecule has 3 aromatic rings. The number of nitrogens with zero attached hydrogens (tertiary/aromatic N) is 3. The van der Waals surface area contributed by atoms with Gasteiger partial charge in [0.05, 0.1) is 6.54 Å². The van der Waals surface area contributed by atoms with Crippen LogP contribution in [0.5, 0.6) is 0 Å². The van der Waals surface area contributed by atoms with Crippen LogP contribution in [-0.2, 0) is 13.1 Å². The zero-order chi connectivity index (χ0) is 17.8. The molecule has 0 saturated heterocycles. The van der Waals surface area contributed by atoms with E-state index in [2.05, 4.69) is 9.97 Å². The van der Waals surface area contributed by atoms with Gasteiger partial charge in [0.1, 0.15) is 17.1 Å². The van der Waals surface area contributed by atoms with Gasteiger partial charge in [-0.15, -0.1) is 0 Å². The topological polar surface area (TPSA) is 79.5 Å². The number of benzene rings is 1. The Labute approximate surface area is 145 Å². The van der Waals surface area contributed by atoms with Crippen LogP contribution in [0, 0.1) is 6.92 Å². The summed E-state index contributed by atoms with van der Waals surface area (Å²) in [4.78, 5) is 21.9. The third kappa shape index (κ3) is 4.10. The van der Waals surface area contributed by atoms with Gasteiger partial charge in [-0.05, 0) is 20.0 Å². The van der Waals surface area contributed by atoms with Crippen LogP contribution in [0.15, 0.2) is 53.2 Å². The van der Waals surface area contributed by atoms with Crippen molar-refractivity contribution >= 4 is 5.97 Å². The standard InChI is InChI=1S/C19H19N3O3/c1-13-17(19(23)24)8-16(25-13)12-22(2)11-14-9-20-18(21-10-14)15-6-4-3-5-7-15/h3-10H,11-12H2,1-2H3,(H,23,24). The number of carboxylic acids is 1. The van der Waals surface area contributed by atoms with Gasteiger partial charge in [-0.3, -0.25) is 4.90 Å². The highest BCUT2D eigenvalue weighted by Crippen LogP contribution is 2.17. The Kier molecular flexibility index (Phi) is 4.90. The van der Waals surface area contributed by atoms with E-state index in [1.165, 1.54) is 0 Å². The van der Waals surface area contributed by atoms with Crippen LogP contribution < -0.4 is 0 Å². The highest BCUT2D eigenvalue weighted by Gasteiger charge is 2.15. The zero-order valence-electron chi connectivity index (χ0n) is 14.1. The third-order valence-electron chi connectivity index (χ3n) is 3.81. The van der Waals surface area contributed by atoms with E-state index in [-0.39, 0.29) is 5.56 Å². The lowest BCUT2D eigenvalue weighted by atomic mass is 10.2. The normalized spacial score (nSPS) is 11.0. The molecule has 0 aliphatic rings. The van der Waals surface area contributed by atoms with E-state index in [4.69, 9.17) is 9.52 Å². The van der Waals surface area contributed by atoms with Gasteiger partial charge in [-0.25, -0.2) is 14.8 Å². The molecule has 2 heterocycles. The van der Waals surface area contributed by atoms with Gasteiger partial charge in [-0.2, -0.15) is 0 Å². The first kappa shape index (κ1) is 16.9. The maximum absolute atomic E-state index is 11.1. The molecule has 0 spiro atoms. The number of carboxylic acid groups (broad SMARTS) is 1. The zero-order valence-corrected chi connectivity index (χ0v) is 14.1. The average molecular weight is 337 g/mol. The fraction of sp³-hybridized carbons (Fsp3) is 0.211. The maximum atomic E-state index is 11.1. The number of aryl methyl sites for hydroxylation is 1. The van der Waals surface area contributed by atoms with Crippen molar-refractivity contribution in [2.24, 2.45) is 0 Å². The van der Waals surface area contributed by atoms with Crippen LogP contribution in [-0.4, -0.2) is 33.0 Å². The summed E-state index contributed by atoms with van der Waals surface area (Å²) in [6.07, 6.45) is 3.61. The van der Waals surface area contributed by atoms with Crippen molar-refractivity contribution in [2.45, 2.75) is 20.0 Å². The second kappa shape index (κ2) is 7.27. The molecule has 3 rings (SSSR count). The summed E-state index contributed by atoms with van der Waals surface area (Å²) in [5, 5.41) is 9.08. The van der Waals surface area contributed by atoms with Crippen LogP contribution >= 0.6 is 0 Å². The summed E-state index contributed by atoms with van der Waals surface area (Å²) in [5.41, 5.74) is 2.16. The lowest BCUT2D eigenvalue weighted by Gasteiger charge is -2.14. The van der Waals surface area contributed by atoms with E-state index in [0.717, 1.165) is 11.1 Å². The Bertz CT molecular complexity index is 857. The van der Waals surface area contributed by atoms with Gasteiger partial charge in [-0.1, -0.05) is 30.3 Å². The van der Waals surface area contributed by atoms with E-state index in [1.807, 2.05) is 54.7 Å². The van der Waals surface area contributed by atoms with Crippen molar-refractivity contribution in [1.29, 1.82) is 0 Å². The van der Waals surface area contributed by atoms with E-state index in [0.29, 0.717) is 30.4 Å². The Balaban J connectivity index is 1.64. The monoisotopic (exact) mass is 337 g/mol. The summed E-state index contributed by atoms with van der Waals surface area (Å²) in [6.45, 7) is 2.80. The number of hydrogen-bond acceptors (Lipinski definition) is 5. The Morgan fingerprint density at radius 3 is 2.44 bits per heavy atom. The maximum Gasteiger partial charge on any atom is 0.339 e. The molecule has 6 heteroatoms. The molecule has 0 atom stereocenters. The highest BCUT2D eigenvalue weighted by atomic mass is 16.4. The molecular formula is C19H19N3O3. The van der Waals surface area contributed by atoms with Gasteiger partial charge in [0.2, 0.25) is 0 Å². The van der Waals surface area contributed by atoms with Crippen molar-refractivity contribution in [1.82, 2.24) is 14.9 Å². The lowest BCUT2D eigenvalue weighted by Crippen LogP contribution is -2.17. The molecule has 0 fully saturated rings. The number of furan rings is 1. The van der Waals surface area contributed by atoms with Crippen molar-refractivity contribution in [3.8, 4) is 11.4 Å². The second-order valence-corrected chi connectivity index (χ2v) is 5.94. The Morgan fingerprint density at radius 1 is 1.16 bits per heavy atom. The molecule has 25 heavy (non-hydrogen) atoms. The molecule has 0 unspecified atom stereocenters. The second-order valence-electron chi connectivity index (χ2n) is 5.94. The molecular weight excluding hydrogens is 318 g/mol. The largest absolute Gasteiger partial charge is 0.478 e. The van der Waals surface area contributed by atoms with Crippen LogP contribution in [0.25, 0.3) is 11.4 Å². The minimum Gasteiger partial charge on any atom is -0.478 e. The third-order valence-corrected chi connectivity index (χ3v) is 3.81. The molecule has 1 aromatic carbocycles. The van der Waals surface area contributed by atoms with E-state index < -0.39 is 5.97 Å². The minimum absolute atomic E-state index is 0.207. The summed E-state index contributed by atoms with van der Waals surface area (Å²) in [6, 6.07) is 11.4. The summed E-state index contributed by atoms with van der Waals surface area (Å²) in [5.74, 6) is 0.769. The number of hydrogen-bond donors (Lipinski definition) is 1. The predicted molar refractivity (Wildman–Crippen MR) is 93.0 cm³/mol. The molecule has 0 aliphatic carbocycles. The smallest absolute Gasteiger partial charge is 0.339 e. The fourth-order valence-electron chi connectivity index (χ4n) is 2.64. The van der Waals surface area contributed by atoms with Gasteiger partial charge >= 0.3 is 5.97 Å². The highest BCUT2D eigenvalue weighted by molar-refractivity contribution is 5.88. The molecule has 2 aromatic heterocycles. The molecule has 0 amide bonds. The van der Waals surface area contributed by atoms with Crippen LogP contribution in [0.2, 0.25) is 0 Å². The van der Waals surface area contributed by atoms with Gasteiger partial charge in [0, 0.05) is 30.1 Å². The van der Waals surface area contributed by atoms with E-state index >= 15 is 0 Å². The number of aromatic carboxylic acids is 1. The van der Waals surface area contributed by atoms with Gasteiger partial charge in [0.25, 0.3) is 0 Å². The molecule has 0 radical (unpaired) electrons. The van der Waals surface area contributed by atoms with Crippen LogP contribution in [0.3, 0.4) is 0 Å². The summed E-state index contributed by atoms with van der Waals surface area (Å²) in [7, 11) is 1.93. The van der Waals surface area contributed by atoms with E-state index in [9.17, 15) is 4.79 Å². The lowest BCUT2D eigenvalue weighted by molar-refractivity contribution is 0.0695. The quantitative estimate of drug-likeness (QED) is 0.743. The minimum atomic E-state index is -0.972. The Hall–Kier alpha value is -2.99. The van der Waals surface area contributed by atoms with Crippen molar-refractivity contribution in [3.63, 3.8) is 0 Å². The molecule has 128 valence electrons. The van der Waals surface area contributed by atoms with Crippen molar-refractivity contribution < 1.29 is 14.3 Å². The molecule has 0 bridgehead atoms. The summed E-state index contributed by atoms with van der Waals surface area (Å²) < 4.78 is 5.51. The molecule has 6 nitrogen and oxygen atoms in total. The van der Waals surface area contributed by atoms with Crippen LogP contribution in [0.1, 0.15) is 27.4 Å². The first-order valence-corrected chi connectivity index (χ1v) is 7.90. The summed E-state index contributed by atoms with van der Waals surface area (Å²) >= 11 is 0. The van der Waals surface area contributed by atoms with Crippen molar-refractivity contribution in [3.05, 3.63) is 71.4 Å². The first-order chi connectivity index (χ1) is 12.0. The number of rotatable bonds is 6. The first-order valence-electron chi connectivity index (χ1n) is 7.90. The number of carbonyl (C=O) groups is 1. The van der Waals surface area contributed by atoms with Gasteiger partial charge in [0.15, 0.2) is 5.82 Å². The van der Waals surface area contributed by atoms with Gasteiger partial charge < -0.3 is 9.52 Å². The van der Waals surface area contributed by atoms with Crippen molar-refractivity contribution in [2.75, 3.05) is 7.05 Å². The fourth-order valence-corrected chi connectivity index (χ4v) is 2.64.